The number of carbonyl (C=O) groups is 1. The number of rotatable bonds is 5. The lowest BCUT2D eigenvalue weighted by Crippen LogP contribution is -2.14. The summed E-state index contributed by atoms with van der Waals surface area (Å²) < 4.78 is 0.814. The molecule has 0 bridgehead atoms. The van der Waals surface area contributed by atoms with Crippen molar-refractivity contribution in [3.05, 3.63) is 59.6 Å². The first kappa shape index (κ1) is 15.7. The number of hydrogen-bond acceptors (Lipinski definition) is 5. The van der Waals surface area contributed by atoms with Crippen LogP contribution in [0.1, 0.15) is 5.01 Å². The summed E-state index contributed by atoms with van der Waals surface area (Å²) >= 11 is 2.90. The molecule has 0 saturated carbocycles. The minimum Gasteiger partial charge on any atom is -0.325 e. The van der Waals surface area contributed by atoms with Gasteiger partial charge in [0.1, 0.15) is 5.01 Å². The van der Waals surface area contributed by atoms with Crippen molar-refractivity contribution >= 4 is 34.7 Å². The predicted molar refractivity (Wildman–Crippen MR) is 95.9 cm³/mol. The number of nitrogens with one attached hydrogen (secondary N) is 1. The molecule has 23 heavy (non-hydrogen) atoms. The molecule has 2 aromatic carbocycles. The Hall–Kier alpha value is -2.18. The minimum absolute atomic E-state index is 0.0498. The number of amides is 1. The largest absolute Gasteiger partial charge is 0.325 e. The number of thioether (sulfide) groups is 1. The van der Waals surface area contributed by atoms with Crippen LogP contribution in [0, 0.1) is 6.92 Å². The number of nitrogens with zero attached hydrogens (tertiary/aromatic N) is 2. The highest BCUT2D eigenvalue weighted by Gasteiger charge is 2.10. The van der Waals surface area contributed by atoms with Gasteiger partial charge >= 0.3 is 0 Å². The van der Waals surface area contributed by atoms with Crippen molar-refractivity contribution in [1.29, 1.82) is 0 Å². The zero-order chi connectivity index (χ0) is 16.1. The molecule has 4 nitrogen and oxygen atoms in total. The number of aromatic nitrogens is 2. The van der Waals surface area contributed by atoms with E-state index >= 15 is 0 Å². The third-order valence-electron chi connectivity index (χ3n) is 3.12. The average Bonchev–Trinajstić information content (AvgIpc) is 3.00. The van der Waals surface area contributed by atoms with Crippen LogP contribution in [-0.2, 0) is 4.79 Å². The Morgan fingerprint density at radius 2 is 1.83 bits per heavy atom. The van der Waals surface area contributed by atoms with Crippen LogP contribution >= 0.6 is 23.1 Å². The topological polar surface area (TPSA) is 54.9 Å². The third kappa shape index (κ3) is 4.18. The number of anilines is 1. The molecule has 0 unspecified atom stereocenters. The maximum absolute atomic E-state index is 12.2. The van der Waals surface area contributed by atoms with Gasteiger partial charge in [-0.15, -0.1) is 10.2 Å². The first-order valence-corrected chi connectivity index (χ1v) is 8.90. The van der Waals surface area contributed by atoms with Crippen LogP contribution in [0.5, 0.6) is 0 Å². The lowest BCUT2D eigenvalue weighted by molar-refractivity contribution is -0.113. The van der Waals surface area contributed by atoms with E-state index in [1.165, 1.54) is 23.1 Å². The van der Waals surface area contributed by atoms with Crippen LogP contribution in [0.3, 0.4) is 0 Å². The van der Waals surface area contributed by atoms with Gasteiger partial charge in [0, 0.05) is 11.3 Å². The minimum atomic E-state index is -0.0498. The smallest absolute Gasteiger partial charge is 0.234 e. The van der Waals surface area contributed by atoms with E-state index in [4.69, 9.17) is 0 Å². The molecule has 1 heterocycles. The normalized spacial score (nSPS) is 10.5. The van der Waals surface area contributed by atoms with E-state index in [2.05, 4.69) is 15.5 Å². The fraction of sp³-hybridized carbons (Fsp3) is 0.118. The SMILES string of the molecule is Cc1nnc(SCC(=O)Nc2ccccc2-c2ccccc2)s1. The first-order chi connectivity index (χ1) is 11.2. The van der Waals surface area contributed by atoms with E-state index < -0.39 is 0 Å². The van der Waals surface area contributed by atoms with Crippen molar-refractivity contribution < 1.29 is 4.79 Å². The summed E-state index contributed by atoms with van der Waals surface area (Å²) in [5, 5.41) is 11.8. The molecule has 0 fully saturated rings. The molecule has 0 spiro atoms. The van der Waals surface area contributed by atoms with Crippen LogP contribution in [0.2, 0.25) is 0 Å². The van der Waals surface area contributed by atoms with Crippen LogP contribution in [-0.4, -0.2) is 21.9 Å². The van der Waals surface area contributed by atoms with Crippen molar-refractivity contribution in [2.45, 2.75) is 11.3 Å². The van der Waals surface area contributed by atoms with Gasteiger partial charge in [0.2, 0.25) is 5.91 Å². The second-order valence-electron chi connectivity index (χ2n) is 4.84. The Balaban J connectivity index is 1.69. The highest BCUT2D eigenvalue weighted by molar-refractivity contribution is 8.01. The monoisotopic (exact) mass is 341 g/mol. The quantitative estimate of drug-likeness (QED) is 0.705. The molecule has 0 aliphatic heterocycles. The molecule has 0 saturated heterocycles. The Morgan fingerprint density at radius 3 is 2.57 bits per heavy atom. The van der Waals surface area contributed by atoms with Gasteiger partial charge in [0.15, 0.2) is 4.34 Å². The van der Waals surface area contributed by atoms with Crippen molar-refractivity contribution in [2.24, 2.45) is 0 Å². The van der Waals surface area contributed by atoms with Crippen molar-refractivity contribution in [2.75, 3.05) is 11.1 Å². The molecule has 116 valence electrons. The zero-order valence-corrected chi connectivity index (χ0v) is 14.2. The van der Waals surface area contributed by atoms with Crippen molar-refractivity contribution in [1.82, 2.24) is 10.2 Å². The number of aryl methyl sites for hydroxylation is 1. The van der Waals surface area contributed by atoms with E-state index in [0.29, 0.717) is 5.75 Å². The standard InChI is InChI=1S/C17H15N3OS2/c1-12-19-20-17(23-12)22-11-16(21)18-15-10-6-5-9-14(15)13-7-3-2-4-8-13/h2-10H,11H2,1H3,(H,18,21). The molecule has 3 aromatic rings. The number of para-hydroxylation sites is 1. The summed E-state index contributed by atoms with van der Waals surface area (Å²) in [5.74, 6) is 0.267. The van der Waals surface area contributed by atoms with E-state index in [1.54, 1.807) is 0 Å². The Labute approximate surface area is 143 Å². The van der Waals surface area contributed by atoms with Crippen molar-refractivity contribution in [3.63, 3.8) is 0 Å². The van der Waals surface area contributed by atoms with Gasteiger partial charge in [-0.2, -0.15) is 0 Å². The maximum atomic E-state index is 12.2. The van der Waals surface area contributed by atoms with Crippen LogP contribution in [0.25, 0.3) is 11.1 Å². The Morgan fingerprint density at radius 1 is 1.09 bits per heavy atom. The van der Waals surface area contributed by atoms with Gasteiger partial charge in [-0.25, -0.2) is 0 Å². The van der Waals surface area contributed by atoms with Crippen LogP contribution < -0.4 is 5.32 Å². The van der Waals surface area contributed by atoms with E-state index in [1.807, 2.05) is 61.5 Å². The molecule has 1 amide bonds. The Kier molecular flexibility index (Phi) is 5.05. The molecule has 0 aliphatic rings. The third-order valence-corrected chi connectivity index (χ3v) is 5.09. The average molecular weight is 341 g/mol. The van der Waals surface area contributed by atoms with Gasteiger partial charge in [0.05, 0.1) is 5.75 Å². The highest BCUT2D eigenvalue weighted by Crippen LogP contribution is 2.28. The second-order valence-corrected chi connectivity index (χ2v) is 7.24. The molecular weight excluding hydrogens is 326 g/mol. The van der Waals surface area contributed by atoms with Gasteiger partial charge in [0.25, 0.3) is 0 Å². The van der Waals surface area contributed by atoms with Gasteiger partial charge < -0.3 is 5.32 Å². The number of carbonyl (C=O) groups excluding carboxylic acids is 1. The second kappa shape index (κ2) is 7.39. The zero-order valence-electron chi connectivity index (χ0n) is 12.5. The number of hydrogen-bond donors (Lipinski definition) is 1. The van der Waals surface area contributed by atoms with E-state index in [-0.39, 0.29) is 5.91 Å². The summed E-state index contributed by atoms with van der Waals surface area (Å²) in [7, 11) is 0. The Bertz CT molecular complexity index is 802. The van der Waals surface area contributed by atoms with Crippen molar-refractivity contribution in [3.8, 4) is 11.1 Å². The lowest BCUT2D eigenvalue weighted by Gasteiger charge is -2.10. The molecule has 1 N–H and O–H groups in total. The summed E-state index contributed by atoms with van der Waals surface area (Å²) in [6.07, 6.45) is 0. The molecule has 0 aliphatic carbocycles. The fourth-order valence-electron chi connectivity index (χ4n) is 2.11. The number of benzene rings is 2. The molecule has 0 radical (unpaired) electrons. The summed E-state index contributed by atoms with van der Waals surface area (Å²) in [4.78, 5) is 12.2. The van der Waals surface area contributed by atoms with E-state index in [0.717, 1.165) is 26.2 Å². The van der Waals surface area contributed by atoms with Gasteiger partial charge in [-0.1, -0.05) is 71.6 Å². The van der Waals surface area contributed by atoms with Crippen LogP contribution in [0.4, 0.5) is 5.69 Å². The predicted octanol–water partition coefficient (Wildman–Crippen LogP) is 4.24. The summed E-state index contributed by atoms with van der Waals surface area (Å²) in [6.45, 7) is 1.90. The van der Waals surface area contributed by atoms with Crippen LogP contribution in [0.15, 0.2) is 58.9 Å². The van der Waals surface area contributed by atoms with Gasteiger partial charge in [-0.3, -0.25) is 4.79 Å². The molecule has 0 atom stereocenters. The molecule has 3 rings (SSSR count). The molecule has 1 aromatic heterocycles. The highest BCUT2D eigenvalue weighted by atomic mass is 32.2. The summed E-state index contributed by atoms with van der Waals surface area (Å²) in [6, 6.07) is 17.8. The van der Waals surface area contributed by atoms with E-state index in [9.17, 15) is 4.79 Å². The fourth-order valence-corrected chi connectivity index (χ4v) is 3.73. The summed E-state index contributed by atoms with van der Waals surface area (Å²) in [5.41, 5.74) is 2.91. The van der Waals surface area contributed by atoms with Gasteiger partial charge in [-0.05, 0) is 18.6 Å². The maximum Gasteiger partial charge on any atom is 0.234 e. The first-order valence-electron chi connectivity index (χ1n) is 7.09. The lowest BCUT2D eigenvalue weighted by atomic mass is 10.0. The molecular formula is C17H15N3OS2. The molecule has 6 heteroatoms.